The van der Waals surface area contributed by atoms with Crippen molar-refractivity contribution in [3.05, 3.63) is 23.0 Å². The zero-order valence-corrected chi connectivity index (χ0v) is 9.78. The van der Waals surface area contributed by atoms with Crippen LogP contribution < -0.4 is 0 Å². The van der Waals surface area contributed by atoms with Gasteiger partial charge >= 0.3 is 5.97 Å². The Kier molecular flexibility index (Phi) is 2.47. The minimum Gasteiger partial charge on any atom is -0.479 e. The van der Waals surface area contributed by atoms with E-state index in [1.807, 2.05) is 22.9 Å². The van der Waals surface area contributed by atoms with Crippen molar-refractivity contribution >= 4 is 22.3 Å². The van der Waals surface area contributed by atoms with E-state index < -0.39 is 11.6 Å². The number of hydrogen-bond acceptors (Lipinski definition) is 4. The predicted octanol–water partition coefficient (Wildman–Crippen LogP) is 1.08. The number of nitrogens with zero attached hydrogens (tertiary/aromatic N) is 2. The molecule has 0 aliphatic heterocycles. The highest BCUT2D eigenvalue weighted by atomic mass is 32.1. The number of aromatic nitrogens is 2. The molecule has 2 aromatic heterocycles. The number of carboxylic acid groups (broad SMARTS) is 1. The van der Waals surface area contributed by atoms with Crippen LogP contribution in [0.1, 0.15) is 18.3 Å². The molecule has 2 N–H and O–H groups in total. The first kappa shape index (κ1) is 11.1. The second-order valence-corrected chi connectivity index (χ2v) is 4.83. The molecule has 0 aliphatic carbocycles. The average molecular weight is 240 g/mol. The molecule has 5 nitrogen and oxygen atoms in total. The van der Waals surface area contributed by atoms with Crippen LogP contribution in [0.15, 0.2) is 11.6 Å². The van der Waals surface area contributed by atoms with Crippen molar-refractivity contribution in [2.24, 2.45) is 0 Å². The van der Waals surface area contributed by atoms with Crippen LogP contribution in [0.3, 0.4) is 0 Å². The van der Waals surface area contributed by atoms with Crippen LogP contribution in [0.25, 0.3) is 4.96 Å². The largest absolute Gasteiger partial charge is 0.479 e. The van der Waals surface area contributed by atoms with Crippen molar-refractivity contribution < 1.29 is 15.0 Å². The van der Waals surface area contributed by atoms with Crippen LogP contribution in [0.2, 0.25) is 0 Å². The molecule has 1 unspecified atom stereocenters. The van der Waals surface area contributed by atoms with E-state index in [4.69, 9.17) is 5.11 Å². The zero-order chi connectivity index (χ0) is 11.9. The number of imidazole rings is 1. The maximum atomic E-state index is 10.9. The Morgan fingerprint density at radius 3 is 3.00 bits per heavy atom. The van der Waals surface area contributed by atoms with Crippen molar-refractivity contribution in [2.75, 3.05) is 0 Å². The second kappa shape index (κ2) is 3.57. The quantitative estimate of drug-likeness (QED) is 0.842. The SMILES string of the molecule is Cc1nc2sccn2c1CC(C)(O)C(=O)O. The van der Waals surface area contributed by atoms with Crippen molar-refractivity contribution in [3.63, 3.8) is 0 Å². The molecule has 2 aromatic rings. The first-order chi connectivity index (χ1) is 7.42. The zero-order valence-electron chi connectivity index (χ0n) is 8.97. The van der Waals surface area contributed by atoms with Crippen LogP contribution in [-0.4, -0.2) is 31.2 Å². The number of aliphatic hydroxyl groups is 1. The lowest BCUT2D eigenvalue weighted by Gasteiger charge is -2.17. The maximum absolute atomic E-state index is 10.9. The Morgan fingerprint density at radius 1 is 1.69 bits per heavy atom. The molecule has 2 heterocycles. The van der Waals surface area contributed by atoms with Crippen LogP contribution in [0.4, 0.5) is 0 Å². The standard InChI is InChI=1S/C10H12N2O3S/c1-6-7(5-10(2,15)8(13)14)12-3-4-16-9(12)11-6/h3-4,15H,5H2,1-2H3,(H,13,14). The minimum atomic E-state index is -1.76. The Hall–Kier alpha value is -1.40. The molecule has 16 heavy (non-hydrogen) atoms. The highest BCUT2D eigenvalue weighted by molar-refractivity contribution is 7.15. The fourth-order valence-electron chi connectivity index (χ4n) is 1.56. The van der Waals surface area contributed by atoms with Crippen LogP contribution in [-0.2, 0) is 11.2 Å². The summed E-state index contributed by atoms with van der Waals surface area (Å²) in [5, 5.41) is 20.5. The molecular formula is C10H12N2O3S. The van der Waals surface area contributed by atoms with Gasteiger partial charge in [0.25, 0.3) is 0 Å². The highest BCUT2D eigenvalue weighted by Crippen LogP contribution is 2.21. The smallest absolute Gasteiger partial charge is 0.335 e. The molecule has 0 fully saturated rings. The number of aliphatic carboxylic acids is 1. The Balaban J connectivity index is 2.44. The fourth-order valence-corrected chi connectivity index (χ4v) is 2.33. The predicted molar refractivity (Wildman–Crippen MR) is 59.8 cm³/mol. The average Bonchev–Trinajstić information content (AvgIpc) is 2.70. The van der Waals surface area contributed by atoms with E-state index in [1.165, 1.54) is 18.3 Å². The highest BCUT2D eigenvalue weighted by Gasteiger charge is 2.32. The van der Waals surface area contributed by atoms with Gasteiger partial charge in [-0.2, -0.15) is 0 Å². The summed E-state index contributed by atoms with van der Waals surface area (Å²) in [7, 11) is 0. The van der Waals surface area contributed by atoms with Gasteiger partial charge in [0.05, 0.1) is 5.69 Å². The molecule has 0 amide bonds. The molecule has 0 aromatic carbocycles. The Morgan fingerprint density at radius 2 is 2.38 bits per heavy atom. The first-order valence-electron chi connectivity index (χ1n) is 4.78. The number of fused-ring (bicyclic) bond motifs is 1. The van der Waals surface area contributed by atoms with Crippen molar-refractivity contribution in [3.8, 4) is 0 Å². The number of rotatable bonds is 3. The Labute approximate surface area is 96.0 Å². The van der Waals surface area contributed by atoms with Crippen molar-refractivity contribution in [1.82, 2.24) is 9.38 Å². The van der Waals surface area contributed by atoms with Gasteiger partial charge < -0.3 is 10.2 Å². The van der Waals surface area contributed by atoms with Gasteiger partial charge in [-0.25, -0.2) is 9.78 Å². The number of hydrogen-bond donors (Lipinski definition) is 2. The second-order valence-electron chi connectivity index (χ2n) is 3.96. The van der Waals surface area contributed by atoms with Crippen LogP contribution in [0, 0.1) is 6.92 Å². The van der Waals surface area contributed by atoms with E-state index in [1.54, 1.807) is 0 Å². The maximum Gasteiger partial charge on any atom is 0.335 e. The van der Waals surface area contributed by atoms with Crippen molar-refractivity contribution in [2.45, 2.75) is 25.9 Å². The summed E-state index contributed by atoms with van der Waals surface area (Å²) in [6, 6.07) is 0. The van der Waals surface area contributed by atoms with Gasteiger partial charge in [0.1, 0.15) is 0 Å². The molecule has 2 rings (SSSR count). The number of carbonyl (C=O) groups is 1. The minimum absolute atomic E-state index is 0.0477. The third kappa shape index (κ3) is 1.70. The van der Waals surface area contributed by atoms with Gasteiger partial charge in [-0.15, -0.1) is 11.3 Å². The molecule has 0 saturated carbocycles. The molecule has 0 saturated heterocycles. The van der Waals surface area contributed by atoms with Gasteiger partial charge in [0, 0.05) is 23.7 Å². The van der Waals surface area contributed by atoms with Gasteiger partial charge in [0.2, 0.25) is 0 Å². The number of carboxylic acids is 1. The van der Waals surface area contributed by atoms with Gasteiger partial charge in [-0.1, -0.05) is 0 Å². The van der Waals surface area contributed by atoms with Gasteiger partial charge in [0.15, 0.2) is 10.6 Å². The summed E-state index contributed by atoms with van der Waals surface area (Å²) in [4.78, 5) is 16.0. The fraction of sp³-hybridized carbons (Fsp3) is 0.400. The van der Waals surface area contributed by atoms with Crippen molar-refractivity contribution in [1.29, 1.82) is 0 Å². The molecule has 0 radical (unpaired) electrons. The molecular weight excluding hydrogens is 228 g/mol. The molecule has 86 valence electrons. The molecule has 1 atom stereocenters. The summed E-state index contributed by atoms with van der Waals surface area (Å²) in [5.41, 5.74) is -0.264. The van der Waals surface area contributed by atoms with Crippen LogP contribution in [0.5, 0.6) is 0 Å². The lowest BCUT2D eigenvalue weighted by molar-refractivity contribution is -0.156. The Bertz CT molecular complexity index is 541. The van der Waals surface area contributed by atoms with E-state index in [9.17, 15) is 9.90 Å². The summed E-state index contributed by atoms with van der Waals surface area (Å²) >= 11 is 1.48. The monoisotopic (exact) mass is 240 g/mol. The molecule has 0 bridgehead atoms. The topological polar surface area (TPSA) is 74.8 Å². The number of aryl methyl sites for hydroxylation is 1. The van der Waals surface area contributed by atoms with E-state index in [2.05, 4.69) is 4.98 Å². The lowest BCUT2D eigenvalue weighted by atomic mass is 10.00. The van der Waals surface area contributed by atoms with E-state index in [0.717, 1.165) is 16.3 Å². The summed E-state index contributed by atoms with van der Waals surface area (Å²) < 4.78 is 1.82. The third-order valence-electron chi connectivity index (χ3n) is 2.53. The van der Waals surface area contributed by atoms with Crippen LogP contribution >= 0.6 is 11.3 Å². The van der Waals surface area contributed by atoms with E-state index in [0.29, 0.717) is 0 Å². The van der Waals surface area contributed by atoms with Gasteiger partial charge in [-0.3, -0.25) is 4.40 Å². The molecule has 0 aliphatic rings. The van der Waals surface area contributed by atoms with E-state index in [-0.39, 0.29) is 6.42 Å². The molecule has 6 heteroatoms. The summed E-state index contributed by atoms with van der Waals surface area (Å²) in [6.45, 7) is 3.10. The number of thiazole rings is 1. The first-order valence-corrected chi connectivity index (χ1v) is 5.66. The lowest BCUT2D eigenvalue weighted by Crippen LogP contribution is -2.37. The summed E-state index contributed by atoms with van der Waals surface area (Å²) in [6.07, 6.45) is 1.87. The van der Waals surface area contributed by atoms with E-state index >= 15 is 0 Å². The van der Waals surface area contributed by atoms with Gasteiger partial charge in [-0.05, 0) is 13.8 Å². The molecule has 0 spiro atoms. The normalized spacial score (nSPS) is 15.2. The third-order valence-corrected chi connectivity index (χ3v) is 3.29. The summed E-state index contributed by atoms with van der Waals surface area (Å²) in [5.74, 6) is -1.22.